The third-order valence-electron chi connectivity index (χ3n) is 3.40. The molecule has 21 heavy (non-hydrogen) atoms. The van der Waals surface area contributed by atoms with Gasteiger partial charge in [-0.1, -0.05) is 29.8 Å². The number of benzene rings is 2. The highest BCUT2D eigenvalue weighted by atomic mass is 35.5. The minimum Gasteiger partial charge on any atom is -0.441 e. The van der Waals surface area contributed by atoms with Gasteiger partial charge in [0, 0.05) is 17.5 Å². The van der Waals surface area contributed by atoms with Crippen molar-refractivity contribution in [3.05, 3.63) is 64.8 Å². The Kier molecular flexibility index (Phi) is 3.90. The molecule has 2 aromatic carbocycles. The molecule has 3 aromatic rings. The van der Waals surface area contributed by atoms with Crippen molar-refractivity contribution >= 4 is 22.7 Å². The van der Waals surface area contributed by atoms with E-state index in [1.165, 1.54) is 12.1 Å². The maximum absolute atomic E-state index is 13.1. The summed E-state index contributed by atoms with van der Waals surface area (Å²) >= 11 is 6.12. The van der Waals surface area contributed by atoms with E-state index >= 15 is 0 Å². The predicted molar refractivity (Wildman–Crippen MR) is 80.9 cm³/mol. The third-order valence-corrected chi connectivity index (χ3v) is 3.73. The number of hydrogen-bond acceptors (Lipinski definition) is 3. The van der Waals surface area contributed by atoms with Crippen LogP contribution in [0.15, 0.2) is 46.9 Å². The molecule has 0 saturated heterocycles. The van der Waals surface area contributed by atoms with Crippen molar-refractivity contribution in [3.8, 4) is 0 Å². The quantitative estimate of drug-likeness (QED) is 0.788. The molecule has 0 saturated carbocycles. The van der Waals surface area contributed by atoms with E-state index in [4.69, 9.17) is 16.0 Å². The molecule has 0 fully saturated rings. The number of para-hydroxylation sites is 2. The number of oxazole rings is 1. The van der Waals surface area contributed by atoms with Gasteiger partial charge in [-0.3, -0.25) is 0 Å². The highest BCUT2D eigenvalue weighted by Crippen LogP contribution is 2.27. The molecule has 1 heterocycles. The molecule has 0 aliphatic carbocycles. The van der Waals surface area contributed by atoms with Crippen LogP contribution in [0.4, 0.5) is 4.39 Å². The van der Waals surface area contributed by atoms with E-state index < -0.39 is 0 Å². The number of halogens is 2. The van der Waals surface area contributed by atoms with Crippen LogP contribution in [0.2, 0.25) is 5.02 Å². The van der Waals surface area contributed by atoms with Crippen molar-refractivity contribution < 1.29 is 8.81 Å². The minimum atomic E-state index is -0.347. The van der Waals surface area contributed by atoms with Crippen molar-refractivity contribution in [1.29, 1.82) is 0 Å². The summed E-state index contributed by atoms with van der Waals surface area (Å²) in [5.74, 6) is 0.274. The zero-order valence-corrected chi connectivity index (χ0v) is 12.2. The summed E-state index contributed by atoms with van der Waals surface area (Å²) in [5.41, 5.74) is 2.41. The molecule has 3 nitrogen and oxygen atoms in total. The van der Waals surface area contributed by atoms with Crippen LogP contribution in [0.3, 0.4) is 0 Å². The molecule has 0 spiro atoms. The average Bonchev–Trinajstić information content (AvgIpc) is 2.87. The maximum Gasteiger partial charge on any atom is 0.197 e. The molecule has 0 aliphatic heterocycles. The van der Waals surface area contributed by atoms with Gasteiger partial charge in [0.15, 0.2) is 11.5 Å². The highest BCUT2D eigenvalue weighted by Gasteiger charge is 2.17. The second-order valence-electron chi connectivity index (χ2n) is 4.79. The summed E-state index contributed by atoms with van der Waals surface area (Å²) in [5, 5.41) is 3.56. The lowest BCUT2D eigenvalue weighted by Gasteiger charge is -2.16. The number of hydrogen-bond donors (Lipinski definition) is 1. The fraction of sp³-hybridized carbons (Fsp3) is 0.188. The van der Waals surface area contributed by atoms with Crippen molar-refractivity contribution in [2.75, 3.05) is 7.05 Å². The summed E-state index contributed by atoms with van der Waals surface area (Å²) in [6.07, 6.45) is 0.538. The van der Waals surface area contributed by atoms with Gasteiger partial charge in [0.25, 0.3) is 0 Å². The Labute approximate surface area is 126 Å². The lowest BCUT2D eigenvalue weighted by Crippen LogP contribution is -2.19. The number of aromatic nitrogens is 1. The topological polar surface area (TPSA) is 38.1 Å². The van der Waals surface area contributed by atoms with Gasteiger partial charge in [-0.2, -0.15) is 0 Å². The Morgan fingerprint density at radius 1 is 1.29 bits per heavy atom. The van der Waals surface area contributed by atoms with E-state index in [0.717, 1.165) is 16.7 Å². The first kappa shape index (κ1) is 14.0. The zero-order valence-electron chi connectivity index (χ0n) is 11.4. The molecular formula is C16H14ClFN2O. The number of fused-ring (bicyclic) bond motifs is 1. The van der Waals surface area contributed by atoms with Crippen LogP contribution in [-0.2, 0) is 6.42 Å². The Bertz CT molecular complexity index is 739. The summed E-state index contributed by atoms with van der Waals surface area (Å²) in [4.78, 5) is 4.45. The van der Waals surface area contributed by atoms with E-state index in [0.29, 0.717) is 17.3 Å². The molecule has 0 bridgehead atoms. The molecular weight excluding hydrogens is 291 g/mol. The van der Waals surface area contributed by atoms with E-state index in [9.17, 15) is 4.39 Å². The lowest BCUT2D eigenvalue weighted by atomic mass is 10.0. The Morgan fingerprint density at radius 3 is 2.81 bits per heavy atom. The molecule has 1 N–H and O–H groups in total. The van der Waals surface area contributed by atoms with Gasteiger partial charge in [0.05, 0.1) is 0 Å². The number of nitrogens with zero attached hydrogens (tertiary/aromatic N) is 1. The van der Waals surface area contributed by atoms with Gasteiger partial charge >= 0.3 is 0 Å². The Morgan fingerprint density at radius 2 is 2.10 bits per heavy atom. The summed E-state index contributed by atoms with van der Waals surface area (Å²) in [7, 11) is 1.83. The van der Waals surface area contributed by atoms with Crippen LogP contribution in [0.5, 0.6) is 0 Å². The fourth-order valence-electron chi connectivity index (χ4n) is 2.33. The van der Waals surface area contributed by atoms with Gasteiger partial charge in [-0.25, -0.2) is 9.37 Å². The largest absolute Gasteiger partial charge is 0.441 e. The zero-order chi connectivity index (χ0) is 14.8. The molecule has 1 aromatic heterocycles. The summed E-state index contributed by atoms with van der Waals surface area (Å²) < 4.78 is 18.9. The lowest BCUT2D eigenvalue weighted by molar-refractivity contribution is 0.473. The number of rotatable bonds is 4. The van der Waals surface area contributed by atoms with Crippen molar-refractivity contribution in [3.63, 3.8) is 0 Å². The van der Waals surface area contributed by atoms with Crippen LogP contribution >= 0.6 is 11.6 Å². The summed E-state index contributed by atoms with van der Waals surface area (Å²) in [6, 6.07) is 11.9. The van der Waals surface area contributed by atoms with Crippen LogP contribution in [-0.4, -0.2) is 12.0 Å². The smallest absolute Gasteiger partial charge is 0.197 e. The monoisotopic (exact) mass is 304 g/mol. The van der Waals surface area contributed by atoms with Gasteiger partial charge in [-0.05, 0) is 36.9 Å². The van der Waals surface area contributed by atoms with Crippen LogP contribution in [0.25, 0.3) is 11.1 Å². The predicted octanol–water partition coefficient (Wildman–Crippen LogP) is 4.12. The standard InChI is InChI=1S/C16H14ClFN2O/c1-19-14(11-7-6-10(18)8-12(11)17)9-16-20-13-4-2-3-5-15(13)21-16/h2-8,14,19H,9H2,1H3. The molecule has 0 amide bonds. The second kappa shape index (κ2) is 5.84. The number of nitrogens with one attached hydrogen (secondary N) is 1. The normalized spacial score (nSPS) is 12.7. The molecule has 1 atom stereocenters. The molecule has 108 valence electrons. The van der Waals surface area contributed by atoms with Crippen molar-refractivity contribution in [2.45, 2.75) is 12.5 Å². The van der Waals surface area contributed by atoms with Crippen LogP contribution in [0.1, 0.15) is 17.5 Å². The van der Waals surface area contributed by atoms with E-state index in [1.54, 1.807) is 6.07 Å². The first-order valence-electron chi connectivity index (χ1n) is 6.64. The molecule has 5 heteroatoms. The number of likely N-dealkylation sites (N-methyl/N-ethyl adjacent to an activating group) is 1. The third kappa shape index (κ3) is 2.91. The molecule has 3 rings (SSSR count). The first-order valence-corrected chi connectivity index (χ1v) is 7.02. The first-order chi connectivity index (χ1) is 10.2. The Balaban J connectivity index is 1.90. The van der Waals surface area contributed by atoms with Crippen LogP contribution < -0.4 is 5.32 Å². The molecule has 1 unspecified atom stereocenters. The van der Waals surface area contributed by atoms with E-state index in [1.807, 2.05) is 31.3 Å². The molecule has 0 aliphatic rings. The summed E-state index contributed by atoms with van der Waals surface area (Å²) in [6.45, 7) is 0. The van der Waals surface area contributed by atoms with Crippen molar-refractivity contribution in [2.24, 2.45) is 0 Å². The van der Waals surface area contributed by atoms with Gasteiger partial charge in [0.1, 0.15) is 11.3 Å². The SMILES string of the molecule is CNC(Cc1nc2ccccc2o1)c1ccc(F)cc1Cl. The van der Waals surface area contributed by atoms with Gasteiger partial charge < -0.3 is 9.73 Å². The molecule has 0 radical (unpaired) electrons. The van der Waals surface area contributed by atoms with Crippen molar-refractivity contribution in [1.82, 2.24) is 10.3 Å². The van der Waals surface area contributed by atoms with Gasteiger partial charge in [-0.15, -0.1) is 0 Å². The van der Waals surface area contributed by atoms with Crippen LogP contribution in [0, 0.1) is 5.82 Å². The van der Waals surface area contributed by atoms with E-state index in [2.05, 4.69) is 10.3 Å². The van der Waals surface area contributed by atoms with Gasteiger partial charge in [0.2, 0.25) is 0 Å². The van der Waals surface area contributed by atoms with E-state index in [-0.39, 0.29) is 11.9 Å². The fourth-order valence-corrected chi connectivity index (χ4v) is 2.63. The average molecular weight is 305 g/mol. The minimum absolute atomic E-state index is 0.0915. The highest BCUT2D eigenvalue weighted by molar-refractivity contribution is 6.31. The maximum atomic E-state index is 13.1. The second-order valence-corrected chi connectivity index (χ2v) is 5.19. The Hall–Kier alpha value is -1.91.